The Morgan fingerprint density at radius 1 is 1.23 bits per heavy atom. The Morgan fingerprint density at radius 2 is 2.14 bits per heavy atom. The number of hydrogen-bond acceptors (Lipinski definition) is 3. The van der Waals surface area contributed by atoms with Crippen molar-refractivity contribution in [3.05, 3.63) is 47.5 Å². The fraction of sp³-hybridized carbons (Fsp3) is 0.353. The zero-order valence-corrected chi connectivity index (χ0v) is 12.9. The third-order valence-electron chi connectivity index (χ3n) is 4.56. The Hall–Kier alpha value is -1.65. The second-order valence-electron chi connectivity index (χ2n) is 6.17. The van der Waals surface area contributed by atoms with Crippen LogP contribution in [0.25, 0.3) is 11.1 Å². The number of fused-ring (bicyclic) bond motifs is 2. The molecule has 1 N–H and O–H groups in total. The van der Waals surface area contributed by atoms with E-state index in [4.69, 9.17) is 11.6 Å². The van der Waals surface area contributed by atoms with Crippen LogP contribution in [0.1, 0.15) is 6.42 Å². The van der Waals surface area contributed by atoms with E-state index < -0.39 is 0 Å². The molecule has 2 aliphatic heterocycles. The van der Waals surface area contributed by atoms with Gasteiger partial charge in [0.05, 0.1) is 11.9 Å². The molecule has 0 saturated carbocycles. The molecule has 1 aromatic carbocycles. The van der Waals surface area contributed by atoms with Crippen LogP contribution in [0.5, 0.6) is 0 Å². The van der Waals surface area contributed by atoms with E-state index in [1.165, 1.54) is 18.6 Å². The zero-order valence-electron chi connectivity index (χ0n) is 12.1. The van der Waals surface area contributed by atoms with E-state index in [1.807, 2.05) is 6.20 Å². The molecule has 2 unspecified atom stereocenters. The van der Waals surface area contributed by atoms with Gasteiger partial charge in [0.25, 0.3) is 0 Å². The number of rotatable bonds is 2. The summed E-state index contributed by atoms with van der Waals surface area (Å²) in [6.07, 6.45) is 4.88. The Morgan fingerprint density at radius 3 is 3.00 bits per heavy atom. The van der Waals surface area contributed by atoms with Crippen LogP contribution in [0.4, 0.5) is 10.1 Å². The first-order valence-corrected chi connectivity index (χ1v) is 7.95. The van der Waals surface area contributed by atoms with Crippen LogP contribution in [-0.4, -0.2) is 30.7 Å². The lowest BCUT2D eigenvalue weighted by molar-refractivity contribution is 0.474. The molecule has 3 nitrogen and oxygen atoms in total. The number of hydrogen-bond donors (Lipinski definition) is 1. The van der Waals surface area contributed by atoms with E-state index in [0.29, 0.717) is 22.5 Å². The molecule has 2 bridgehead atoms. The van der Waals surface area contributed by atoms with Gasteiger partial charge in [-0.2, -0.15) is 0 Å². The van der Waals surface area contributed by atoms with Crippen molar-refractivity contribution in [1.82, 2.24) is 10.3 Å². The molecule has 2 saturated heterocycles. The SMILES string of the molecule is Fc1ccc(Cl)c(-c2cncc(N3CC4CNC(C4)C3)c2)c1. The highest BCUT2D eigenvalue weighted by atomic mass is 35.5. The summed E-state index contributed by atoms with van der Waals surface area (Å²) in [4.78, 5) is 6.70. The summed E-state index contributed by atoms with van der Waals surface area (Å²) in [5, 5.41) is 4.09. The molecule has 0 amide bonds. The van der Waals surface area contributed by atoms with Crippen LogP contribution in [0, 0.1) is 11.7 Å². The lowest BCUT2D eigenvalue weighted by Crippen LogP contribution is -2.41. The van der Waals surface area contributed by atoms with Crippen LogP contribution in [0.2, 0.25) is 5.02 Å². The van der Waals surface area contributed by atoms with Crippen molar-refractivity contribution < 1.29 is 4.39 Å². The summed E-state index contributed by atoms with van der Waals surface area (Å²) in [7, 11) is 0. The van der Waals surface area contributed by atoms with Gasteiger partial charge in [0.2, 0.25) is 0 Å². The first kappa shape index (κ1) is 14.0. The minimum atomic E-state index is -0.287. The van der Waals surface area contributed by atoms with Crippen molar-refractivity contribution in [2.75, 3.05) is 24.5 Å². The molecule has 22 heavy (non-hydrogen) atoms. The van der Waals surface area contributed by atoms with Crippen molar-refractivity contribution >= 4 is 17.3 Å². The second-order valence-corrected chi connectivity index (χ2v) is 6.58. The molecule has 2 atom stereocenters. The Bertz CT molecular complexity index is 694. The Balaban J connectivity index is 1.67. The number of anilines is 1. The van der Waals surface area contributed by atoms with Crippen LogP contribution in [-0.2, 0) is 0 Å². The van der Waals surface area contributed by atoms with Crippen molar-refractivity contribution in [2.24, 2.45) is 5.92 Å². The zero-order chi connectivity index (χ0) is 15.1. The van der Waals surface area contributed by atoms with Gasteiger partial charge in [-0.1, -0.05) is 11.6 Å². The van der Waals surface area contributed by atoms with E-state index in [1.54, 1.807) is 12.3 Å². The van der Waals surface area contributed by atoms with Gasteiger partial charge in [-0.3, -0.25) is 4.98 Å². The summed E-state index contributed by atoms with van der Waals surface area (Å²) < 4.78 is 13.5. The molecule has 2 aromatic rings. The summed E-state index contributed by atoms with van der Waals surface area (Å²) >= 11 is 6.21. The first-order valence-electron chi connectivity index (χ1n) is 7.58. The summed E-state index contributed by atoms with van der Waals surface area (Å²) in [5.41, 5.74) is 2.62. The van der Waals surface area contributed by atoms with Gasteiger partial charge < -0.3 is 10.2 Å². The lowest BCUT2D eigenvalue weighted by Gasteiger charge is -2.33. The number of pyridine rings is 1. The normalized spacial score (nSPS) is 23.8. The number of aromatic nitrogens is 1. The van der Waals surface area contributed by atoms with E-state index in [2.05, 4.69) is 21.3 Å². The number of halogens is 2. The lowest BCUT2D eigenvalue weighted by atomic mass is 9.99. The number of piperidine rings is 1. The van der Waals surface area contributed by atoms with Gasteiger partial charge in [0.15, 0.2) is 0 Å². The van der Waals surface area contributed by atoms with Gasteiger partial charge in [-0.25, -0.2) is 4.39 Å². The summed E-state index contributed by atoms with van der Waals surface area (Å²) in [5.74, 6) is 0.421. The van der Waals surface area contributed by atoms with Gasteiger partial charge >= 0.3 is 0 Å². The smallest absolute Gasteiger partial charge is 0.123 e. The highest BCUT2D eigenvalue weighted by Gasteiger charge is 2.32. The Kier molecular flexibility index (Phi) is 3.51. The van der Waals surface area contributed by atoms with Crippen molar-refractivity contribution in [3.63, 3.8) is 0 Å². The Labute approximate surface area is 134 Å². The van der Waals surface area contributed by atoms with Crippen molar-refractivity contribution in [1.29, 1.82) is 0 Å². The summed E-state index contributed by atoms with van der Waals surface area (Å²) in [6.45, 7) is 3.15. The van der Waals surface area contributed by atoms with Crippen LogP contribution < -0.4 is 10.2 Å². The largest absolute Gasteiger partial charge is 0.368 e. The van der Waals surface area contributed by atoms with Crippen LogP contribution in [0.15, 0.2) is 36.7 Å². The average molecular weight is 318 g/mol. The molecule has 0 aliphatic carbocycles. The molecule has 2 fully saturated rings. The molecule has 0 spiro atoms. The third kappa shape index (κ3) is 2.57. The average Bonchev–Trinajstić information content (AvgIpc) is 2.88. The fourth-order valence-corrected chi connectivity index (χ4v) is 3.74. The molecule has 0 radical (unpaired) electrons. The van der Waals surface area contributed by atoms with E-state index >= 15 is 0 Å². The molecule has 5 heteroatoms. The predicted octanol–water partition coefficient (Wildman–Crippen LogP) is 3.34. The van der Waals surface area contributed by atoms with E-state index in [0.717, 1.165) is 30.9 Å². The number of nitrogens with zero attached hydrogens (tertiary/aromatic N) is 2. The number of nitrogens with one attached hydrogen (secondary N) is 1. The number of benzene rings is 1. The standard InChI is InChI=1S/C17H17ClFN3/c18-17-2-1-13(19)5-16(17)12-4-15(8-20-7-12)22-9-11-3-14(10-22)21-6-11/h1-2,4-5,7-8,11,14,21H,3,6,9-10H2. The highest BCUT2D eigenvalue weighted by molar-refractivity contribution is 6.33. The minimum Gasteiger partial charge on any atom is -0.368 e. The first-order chi connectivity index (χ1) is 10.7. The molecular weight excluding hydrogens is 301 g/mol. The van der Waals surface area contributed by atoms with Crippen LogP contribution in [0.3, 0.4) is 0 Å². The fourth-order valence-electron chi connectivity index (χ4n) is 3.51. The summed E-state index contributed by atoms with van der Waals surface area (Å²) in [6, 6.07) is 7.05. The van der Waals surface area contributed by atoms with Crippen LogP contribution >= 0.6 is 11.6 Å². The molecule has 4 rings (SSSR count). The molecule has 1 aromatic heterocycles. The predicted molar refractivity (Wildman–Crippen MR) is 86.8 cm³/mol. The van der Waals surface area contributed by atoms with Gasteiger partial charge in [0, 0.05) is 48.0 Å². The molecule has 3 heterocycles. The van der Waals surface area contributed by atoms with Crippen molar-refractivity contribution in [2.45, 2.75) is 12.5 Å². The van der Waals surface area contributed by atoms with Gasteiger partial charge in [-0.15, -0.1) is 0 Å². The molecular formula is C17H17ClFN3. The second kappa shape index (κ2) is 5.52. The van der Waals surface area contributed by atoms with Gasteiger partial charge in [0.1, 0.15) is 5.82 Å². The van der Waals surface area contributed by atoms with E-state index in [9.17, 15) is 4.39 Å². The quantitative estimate of drug-likeness (QED) is 0.921. The van der Waals surface area contributed by atoms with Crippen molar-refractivity contribution in [3.8, 4) is 11.1 Å². The molecule has 2 aliphatic rings. The minimum absolute atomic E-state index is 0.287. The van der Waals surface area contributed by atoms with Gasteiger partial charge in [-0.05, 0) is 36.6 Å². The monoisotopic (exact) mass is 317 g/mol. The maximum Gasteiger partial charge on any atom is 0.123 e. The molecule has 114 valence electrons. The highest BCUT2D eigenvalue weighted by Crippen LogP contribution is 2.32. The maximum absolute atomic E-state index is 13.5. The topological polar surface area (TPSA) is 28.2 Å². The van der Waals surface area contributed by atoms with E-state index in [-0.39, 0.29) is 5.82 Å². The third-order valence-corrected chi connectivity index (χ3v) is 4.89. The maximum atomic E-state index is 13.5.